The first-order chi connectivity index (χ1) is 8.02. The molecule has 3 heteroatoms. The van der Waals surface area contributed by atoms with Crippen LogP contribution in [0.5, 0.6) is 0 Å². The number of hydrogen-bond donors (Lipinski definition) is 0. The molecule has 0 aromatic carbocycles. The highest BCUT2D eigenvalue weighted by atomic mass is 16.6. The van der Waals surface area contributed by atoms with Crippen LogP contribution in [0.2, 0.25) is 0 Å². The van der Waals surface area contributed by atoms with E-state index in [1.807, 2.05) is 13.8 Å². The molecule has 0 saturated heterocycles. The first kappa shape index (κ1) is 15.9. The molecule has 0 saturated carbocycles. The summed E-state index contributed by atoms with van der Waals surface area (Å²) in [7, 11) is 0. The Hall–Kier alpha value is -1.09. The van der Waals surface area contributed by atoms with Crippen molar-refractivity contribution in [2.45, 2.75) is 45.1 Å². The minimum atomic E-state index is -0.409. The average Bonchev–Trinajstić information content (AvgIpc) is 2.27. The summed E-state index contributed by atoms with van der Waals surface area (Å²) < 4.78 is 10.5. The summed E-state index contributed by atoms with van der Waals surface area (Å²) >= 11 is 0. The molecule has 0 unspecified atom stereocenters. The number of unbranched alkanes of at least 4 members (excludes halogenated alkanes) is 2. The lowest BCUT2D eigenvalue weighted by atomic mass is 10.0. The van der Waals surface area contributed by atoms with Gasteiger partial charge >= 0.3 is 5.97 Å². The summed E-state index contributed by atoms with van der Waals surface area (Å²) in [5.41, 5.74) is -0.409. The third-order valence-corrected chi connectivity index (χ3v) is 2.35. The van der Waals surface area contributed by atoms with Gasteiger partial charge in [-0.2, -0.15) is 0 Å². The van der Waals surface area contributed by atoms with E-state index in [1.165, 1.54) is 6.08 Å². The van der Waals surface area contributed by atoms with Crippen LogP contribution in [0.15, 0.2) is 25.3 Å². The lowest BCUT2D eigenvalue weighted by Crippen LogP contribution is -2.27. The average molecular weight is 240 g/mol. The summed E-state index contributed by atoms with van der Waals surface area (Å²) in [6, 6.07) is 0. The number of carbonyl (C=O) groups is 1. The minimum absolute atomic E-state index is 0.357. The van der Waals surface area contributed by atoms with Crippen molar-refractivity contribution < 1.29 is 14.3 Å². The first-order valence-electron chi connectivity index (χ1n) is 6.06. The second-order valence-electron chi connectivity index (χ2n) is 4.56. The van der Waals surface area contributed by atoms with E-state index in [0.717, 1.165) is 32.3 Å². The van der Waals surface area contributed by atoms with Gasteiger partial charge in [0.25, 0.3) is 0 Å². The zero-order valence-electron chi connectivity index (χ0n) is 11.0. The van der Waals surface area contributed by atoms with Crippen LogP contribution < -0.4 is 0 Å². The number of ether oxygens (including phenoxy) is 2. The molecule has 0 rings (SSSR count). The number of esters is 1. The van der Waals surface area contributed by atoms with E-state index in [9.17, 15) is 4.79 Å². The normalized spacial score (nSPS) is 10.9. The molecular weight excluding hydrogens is 216 g/mol. The molecule has 0 aliphatic carbocycles. The SMILES string of the molecule is C=CCOCCCCCC(C)(C)OC(=O)C=C. The summed E-state index contributed by atoms with van der Waals surface area (Å²) in [5, 5.41) is 0. The molecule has 0 aromatic rings. The smallest absolute Gasteiger partial charge is 0.330 e. The van der Waals surface area contributed by atoms with Crippen LogP contribution in [0.1, 0.15) is 39.5 Å². The first-order valence-corrected chi connectivity index (χ1v) is 6.06. The van der Waals surface area contributed by atoms with Crippen molar-refractivity contribution in [2.24, 2.45) is 0 Å². The molecule has 0 N–H and O–H groups in total. The summed E-state index contributed by atoms with van der Waals surface area (Å²) in [6.45, 7) is 12.2. The minimum Gasteiger partial charge on any atom is -0.457 e. The molecule has 3 nitrogen and oxygen atoms in total. The molecule has 0 aromatic heterocycles. The molecule has 17 heavy (non-hydrogen) atoms. The van der Waals surface area contributed by atoms with Crippen molar-refractivity contribution in [1.82, 2.24) is 0 Å². The van der Waals surface area contributed by atoms with E-state index in [2.05, 4.69) is 13.2 Å². The molecule has 0 bridgehead atoms. The zero-order chi connectivity index (χ0) is 13.1. The van der Waals surface area contributed by atoms with E-state index in [-0.39, 0.29) is 5.97 Å². The maximum Gasteiger partial charge on any atom is 0.330 e. The van der Waals surface area contributed by atoms with Crippen LogP contribution in [0, 0.1) is 0 Å². The van der Waals surface area contributed by atoms with E-state index in [1.54, 1.807) is 6.08 Å². The van der Waals surface area contributed by atoms with Gasteiger partial charge in [-0.15, -0.1) is 6.58 Å². The number of hydrogen-bond acceptors (Lipinski definition) is 3. The Kier molecular flexibility index (Phi) is 8.42. The molecular formula is C14H24O3. The fourth-order valence-electron chi connectivity index (χ4n) is 1.46. The zero-order valence-corrected chi connectivity index (χ0v) is 11.0. The topological polar surface area (TPSA) is 35.5 Å². The van der Waals surface area contributed by atoms with E-state index >= 15 is 0 Å². The standard InChI is InChI=1S/C14H24O3/c1-5-11-16-12-9-7-8-10-14(3,4)17-13(15)6-2/h5-6H,1-2,7-12H2,3-4H3. The lowest BCUT2D eigenvalue weighted by Gasteiger charge is -2.24. The van der Waals surface area contributed by atoms with Crippen molar-refractivity contribution in [3.05, 3.63) is 25.3 Å². The fraction of sp³-hybridized carbons (Fsp3) is 0.643. The summed E-state index contributed by atoms with van der Waals surface area (Å²) in [4.78, 5) is 11.1. The molecule has 98 valence electrons. The monoisotopic (exact) mass is 240 g/mol. The van der Waals surface area contributed by atoms with Gasteiger partial charge in [-0.3, -0.25) is 0 Å². The Labute approximate surface area is 104 Å². The Morgan fingerprint density at radius 1 is 1.24 bits per heavy atom. The van der Waals surface area contributed by atoms with Crippen LogP contribution in [0.25, 0.3) is 0 Å². The molecule has 0 spiro atoms. The quantitative estimate of drug-likeness (QED) is 0.254. The van der Waals surface area contributed by atoms with E-state index < -0.39 is 5.60 Å². The highest BCUT2D eigenvalue weighted by Crippen LogP contribution is 2.18. The van der Waals surface area contributed by atoms with Gasteiger partial charge in [0.1, 0.15) is 5.60 Å². The van der Waals surface area contributed by atoms with E-state index in [4.69, 9.17) is 9.47 Å². The third-order valence-electron chi connectivity index (χ3n) is 2.35. The molecule has 0 heterocycles. The Morgan fingerprint density at radius 2 is 1.94 bits per heavy atom. The van der Waals surface area contributed by atoms with Crippen molar-refractivity contribution >= 4 is 5.97 Å². The van der Waals surface area contributed by atoms with Gasteiger partial charge in [0, 0.05) is 12.7 Å². The van der Waals surface area contributed by atoms with E-state index in [0.29, 0.717) is 6.61 Å². The van der Waals surface area contributed by atoms with Gasteiger partial charge in [-0.25, -0.2) is 4.79 Å². The van der Waals surface area contributed by atoms with Crippen LogP contribution in [-0.2, 0) is 14.3 Å². The fourth-order valence-corrected chi connectivity index (χ4v) is 1.46. The summed E-state index contributed by atoms with van der Waals surface area (Å²) in [5.74, 6) is -0.357. The highest BCUT2D eigenvalue weighted by molar-refractivity contribution is 5.81. The summed E-state index contributed by atoms with van der Waals surface area (Å²) in [6.07, 6.45) is 6.93. The largest absolute Gasteiger partial charge is 0.457 e. The molecule has 0 amide bonds. The second kappa shape index (κ2) is 8.99. The molecule has 0 aliphatic heterocycles. The predicted octanol–water partition coefficient (Wildman–Crippen LogP) is 3.26. The second-order valence-corrected chi connectivity index (χ2v) is 4.56. The van der Waals surface area contributed by atoms with Crippen molar-refractivity contribution in [3.63, 3.8) is 0 Å². The Balaban J connectivity index is 3.54. The Morgan fingerprint density at radius 3 is 2.53 bits per heavy atom. The number of rotatable bonds is 10. The van der Waals surface area contributed by atoms with Crippen LogP contribution in [0.3, 0.4) is 0 Å². The van der Waals surface area contributed by atoms with Crippen LogP contribution in [-0.4, -0.2) is 24.8 Å². The van der Waals surface area contributed by atoms with Crippen LogP contribution in [0.4, 0.5) is 0 Å². The molecule has 0 aliphatic rings. The molecule has 0 radical (unpaired) electrons. The van der Waals surface area contributed by atoms with Gasteiger partial charge in [0.15, 0.2) is 0 Å². The van der Waals surface area contributed by atoms with Gasteiger partial charge in [0.05, 0.1) is 6.61 Å². The highest BCUT2D eigenvalue weighted by Gasteiger charge is 2.20. The maximum absolute atomic E-state index is 11.1. The predicted molar refractivity (Wildman–Crippen MR) is 69.9 cm³/mol. The van der Waals surface area contributed by atoms with Gasteiger partial charge in [-0.05, 0) is 33.1 Å². The molecule has 0 atom stereocenters. The maximum atomic E-state index is 11.1. The van der Waals surface area contributed by atoms with Gasteiger partial charge in [0.2, 0.25) is 0 Å². The lowest BCUT2D eigenvalue weighted by molar-refractivity contribution is -0.150. The van der Waals surface area contributed by atoms with Gasteiger partial charge in [-0.1, -0.05) is 19.1 Å². The van der Waals surface area contributed by atoms with Crippen LogP contribution >= 0.6 is 0 Å². The Bertz CT molecular complexity index is 244. The van der Waals surface area contributed by atoms with Gasteiger partial charge < -0.3 is 9.47 Å². The number of carbonyl (C=O) groups excluding carboxylic acids is 1. The molecule has 0 fully saturated rings. The van der Waals surface area contributed by atoms with Crippen molar-refractivity contribution in [2.75, 3.05) is 13.2 Å². The van der Waals surface area contributed by atoms with Crippen molar-refractivity contribution in [3.8, 4) is 0 Å². The third kappa shape index (κ3) is 9.82. The van der Waals surface area contributed by atoms with Crippen molar-refractivity contribution in [1.29, 1.82) is 0 Å².